The Morgan fingerprint density at radius 2 is 2.11 bits per heavy atom. The molecule has 0 N–H and O–H groups in total. The number of hydrogen-bond donors (Lipinski definition) is 0. The predicted molar refractivity (Wildman–Crippen MR) is 42.2 cm³/mol. The highest BCUT2D eigenvalue weighted by Gasteiger charge is 1.97. The van der Waals surface area contributed by atoms with Gasteiger partial charge in [-0.25, -0.2) is 0 Å². The lowest BCUT2D eigenvalue weighted by atomic mass is 10.00. The van der Waals surface area contributed by atoms with E-state index < -0.39 is 0 Å². The number of hydrogen-bond acceptors (Lipinski definition) is 0. The normalized spacial score (nSPS) is 13.1. The van der Waals surface area contributed by atoms with Crippen LogP contribution in [0.25, 0.3) is 0 Å². The van der Waals surface area contributed by atoms with Gasteiger partial charge in [-0.3, -0.25) is 0 Å². The van der Waals surface area contributed by atoms with Crippen molar-refractivity contribution in [1.29, 1.82) is 0 Å². The van der Waals surface area contributed by atoms with Gasteiger partial charge in [0.05, 0.1) is 0 Å². The average molecular weight is 125 g/mol. The van der Waals surface area contributed by atoms with Crippen molar-refractivity contribution in [3.05, 3.63) is 12.7 Å². The highest BCUT2D eigenvalue weighted by molar-refractivity contribution is 4.74. The standard InChI is InChI=1S/C9H17/c1-4-7-8-9(5-2)6-3/h2,5,9H,4,6-8H2,1,3H3. The van der Waals surface area contributed by atoms with Gasteiger partial charge in [-0.15, -0.1) is 0 Å². The molecule has 0 bridgehead atoms. The highest BCUT2D eigenvalue weighted by atomic mass is 14.0. The van der Waals surface area contributed by atoms with E-state index in [1.165, 1.54) is 25.7 Å². The third kappa shape index (κ3) is 4.26. The van der Waals surface area contributed by atoms with Crippen molar-refractivity contribution in [1.82, 2.24) is 0 Å². The summed E-state index contributed by atoms with van der Waals surface area (Å²) in [5.74, 6) is 0.657. The minimum atomic E-state index is 0.657. The summed E-state index contributed by atoms with van der Waals surface area (Å²) in [6, 6.07) is 0. The zero-order valence-electron chi connectivity index (χ0n) is 6.56. The summed E-state index contributed by atoms with van der Waals surface area (Å²) < 4.78 is 0. The highest BCUT2D eigenvalue weighted by Crippen LogP contribution is 2.12. The van der Waals surface area contributed by atoms with Gasteiger partial charge >= 0.3 is 0 Å². The Morgan fingerprint density at radius 1 is 1.44 bits per heavy atom. The van der Waals surface area contributed by atoms with Crippen LogP contribution in [0.1, 0.15) is 39.5 Å². The van der Waals surface area contributed by atoms with E-state index in [1.807, 2.05) is 6.08 Å². The predicted octanol–water partition coefficient (Wildman–Crippen LogP) is 3.19. The van der Waals surface area contributed by atoms with Crippen LogP contribution in [0.3, 0.4) is 0 Å². The molecule has 1 unspecified atom stereocenters. The van der Waals surface area contributed by atoms with E-state index >= 15 is 0 Å². The first-order chi connectivity index (χ1) is 4.35. The van der Waals surface area contributed by atoms with Crippen LogP contribution in [0.4, 0.5) is 0 Å². The molecule has 9 heavy (non-hydrogen) atoms. The molecule has 0 saturated heterocycles. The SMILES string of the molecule is [CH]=CC(CC)CCCC. The van der Waals surface area contributed by atoms with Crippen molar-refractivity contribution in [2.75, 3.05) is 0 Å². The second kappa shape index (κ2) is 5.87. The summed E-state index contributed by atoms with van der Waals surface area (Å²) in [6.07, 6.45) is 6.88. The van der Waals surface area contributed by atoms with Gasteiger partial charge in [0.15, 0.2) is 0 Å². The smallest absolute Gasteiger partial charge is 0.0233 e. The van der Waals surface area contributed by atoms with Gasteiger partial charge < -0.3 is 0 Å². The third-order valence-corrected chi connectivity index (χ3v) is 1.73. The zero-order valence-corrected chi connectivity index (χ0v) is 6.56. The Morgan fingerprint density at radius 3 is 2.44 bits per heavy atom. The Balaban J connectivity index is 3.20. The average Bonchev–Trinajstić information content (AvgIpc) is 1.91. The van der Waals surface area contributed by atoms with Gasteiger partial charge in [0.25, 0.3) is 0 Å². The number of allylic oxidation sites excluding steroid dienone is 1. The fourth-order valence-corrected chi connectivity index (χ4v) is 0.903. The molecular formula is C9H17. The van der Waals surface area contributed by atoms with Crippen molar-refractivity contribution in [3.63, 3.8) is 0 Å². The maximum Gasteiger partial charge on any atom is -0.0233 e. The van der Waals surface area contributed by atoms with E-state index in [4.69, 9.17) is 6.58 Å². The Kier molecular flexibility index (Phi) is 5.70. The second-order valence-electron chi connectivity index (χ2n) is 2.50. The number of unbranched alkanes of at least 4 members (excludes halogenated alkanes) is 1. The Labute approximate surface area is 59.0 Å². The lowest BCUT2D eigenvalue weighted by Crippen LogP contribution is -1.92. The van der Waals surface area contributed by atoms with Gasteiger partial charge in [-0.1, -0.05) is 39.3 Å². The molecule has 0 aromatic rings. The van der Waals surface area contributed by atoms with E-state index in [0.717, 1.165) is 0 Å². The molecule has 0 nitrogen and oxygen atoms in total. The molecule has 0 aromatic heterocycles. The molecule has 0 aliphatic heterocycles. The van der Waals surface area contributed by atoms with Crippen LogP contribution >= 0.6 is 0 Å². The zero-order chi connectivity index (χ0) is 7.11. The van der Waals surface area contributed by atoms with E-state index in [9.17, 15) is 0 Å². The summed E-state index contributed by atoms with van der Waals surface area (Å²) in [7, 11) is 0. The quantitative estimate of drug-likeness (QED) is 0.529. The second-order valence-corrected chi connectivity index (χ2v) is 2.50. The minimum absolute atomic E-state index is 0.657. The fourth-order valence-electron chi connectivity index (χ4n) is 0.903. The summed E-state index contributed by atoms with van der Waals surface area (Å²) in [5, 5.41) is 0. The molecule has 0 spiro atoms. The molecule has 0 aromatic carbocycles. The van der Waals surface area contributed by atoms with Crippen molar-refractivity contribution < 1.29 is 0 Å². The van der Waals surface area contributed by atoms with E-state index in [1.54, 1.807) is 0 Å². The van der Waals surface area contributed by atoms with Gasteiger partial charge in [-0.2, -0.15) is 0 Å². The molecule has 0 fully saturated rings. The first-order valence-corrected chi connectivity index (χ1v) is 3.90. The molecule has 0 saturated carbocycles. The van der Waals surface area contributed by atoms with Crippen molar-refractivity contribution in [2.45, 2.75) is 39.5 Å². The molecule has 0 aliphatic rings. The fraction of sp³-hybridized carbons (Fsp3) is 0.778. The van der Waals surface area contributed by atoms with E-state index in [-0.39, 0.29) is 0 Å². The van der Waals surface area contributed by atoms with E-state index in [0.29, 0.717) is 5.92 Å². The Hall–Kier alpha value is -0.260. The molecule has 0 aliphatic carbocycles. The molecule has 1 radical (unpaired) electrons. The van der Waals surface area contributed by atoms with Crippen LogP contribution < -0.4 is 0 Å². The largest absolute Gasteiger partial charge is 0.0814 e. The Bertz CT molecular complexity index is 64.4. The van der Waals surface area contributed by atoms with Gasteiger partial charge in [0, 0.05) is 0 Å². The maximum atomic E-state index is 5.40. The molecule has 0 heteroatoms. The molecule has 53 valence electrons. The van der Waals surface area contributed by atoms with Gasteiger partial charge in [-0.05, 0) is 18.8 Å². The topological polar surface area (TPSA) is 0 Å². The lowest BCUT2D eigenvalue weighted by Gasteiger charge is -2.06. The molecule has 0 amide bonds. The lowest BCUT2D eigenvalue weighted by molar-refractivity contribution is 0.540. The third-order valence-electron chi connectivity index (χ3n) is 1.73. The monoisotopic (exact) mass is 125 g/mol. The van der Waals surface area contributed by atoms with Crippen molar-refractivity contribution >= 4 is 0 Å². The molecule has 0 rings (SSSR count). The van der Waals surface area contributed by atoms with Gasteiger partial charge in [0.2, 0.25) is 0 Å². The molecule has 1 atom stereocenters. The van der Waals surface area contributed by atoms with Crippen molar-refractivity contribution in [3.8, 4) is 0 Å². The van der Waals surface area contributed by atoms with Crippen LogP contribution in [0.5, 0.6) is 0 Å². The first-order valence-electron chi connectivity index (χ1n) is 3.90. The van der Waals surface area contributed by atoms with Crippen LogP contribution in [-0.4, -0.2) is 0 Å². The van der Waals surface area contributed by atoms with Crippen LogP contribution in [0, 0.1) is 12.5 Å². The van der Waals surface area contributed by atoms with Crippen LogP contribution in [0.2, 0.25) is 0 Å². The van der Waals surface area contributed by atoms with E-state index in [2.05, 4.69) is 13.8 Å². The summed E-state index contributed by atoms with van der Waals surface area (Å²) >= 11 is 0. The van der Waals surface area contributed by atoms with Crippen LogP contribution in [0.15, 0.2) is 6.08 Å². The molecular weight excluding hydrogens is 108 g/mol. The molecule has 0 heterocycles. The summed E-state index contributed by atoms with van der Waals surface area (Å²) in [6.45, 7) is 9.79. The number of rotatable bonds is 5. The summed E-state index contributed by atoms with van der Waals surface area (Å²) in [4.78, 5) is 0. The van der Waals surface area contributed by atoms with Crippen LogP contribution in [-0.2, 0) is 0 Å². The summed E-state index contributed by atoms with van der Waals surface area (Å²) in [5.41, 5.74) is 0. The van der Waals surface area contributed by atoms with Gasteiger partial charge in [0.1, 0.15) is 0 Å². The first kappa shape index (κ1) is 8.74. The minimum Gasteiger partial charge on any atom is -0.0814 e. The van der Waals surface area contributed by atoms with Crippen molar-refractivity contribution in [2.24, 2.45) is 5.92 Å². The maximum absolute atomic E-state index is 5.40.